The van der Waals surface area contributed by atoms with Crippen LogP contribution < -0.4 is 10.1 Å². The Labute approximate surface area is 124 Å². The number of rotatable bonds is 6. The van der Waals surface area contributed by atoms with E-state index in [-0.39, 0.29) is 19.1 Å². The molecule has 0 aliphatic rings. The molecular weight excluding hydrogens is 266 g/mol. The number of hydrogen-bond donors (Lipinski definition) is 2. The van der Waals surface area contributed by atoms with Gasteiger partial charge in [0.15, 0.2) is 6.61 Å². The zero-order valence-electron chi connectivity index (χ0n) is 12.0. The molecule has 0 aliphatic carbocycles. The summed E-state index contributed by atoms with van der Waals surface area (Å²) in [5.41, 5.74) is 0.0267. The van der Waals surface area contributed by atoms with Crippen LogP contribution in [-0.4, -0.2) is 24.2 Å². The fourth-order valence-electron chi connectivity index (χ4n) is 2.02. The van der Waals surface area contributed by atoms with Gasteiger partial charge in [-0.15, -0.1) is 0 Å². The summed E-state index contributed by atoms with van der Waals surface area (Å²) in [6, 6.07) is 18.5. The van der Waals surface area contributed by atoms with Crippen molar-refractivity contribution in [3.63, 3.8) is 0 Å². The highest BCUT2D eigenvalue weighted by atomic mass is 16.5. The molecule has 110 valence electrons. The summed E-state index contributed by atoms with van der Waals surface area (Å²) in [6.07, 6.45) is 0. The molecule has 0 saturated carbocycles. The molecule has 21 heavy (non-hydrogen) atoms. The van der Waals surface area contributed by atoms with Gasteiger partial charge in [0.2, 0.25) is 0 Å². The Hall–Kier alpha value is -2.33. The summed E-state index contributed by atoms with van der Waals surface area (Å²) in [5.74, 6) is 0.359. The number of benzene rings is 2. The predicted molar refractivity (Wildman–Crippen MR) is 81.0 cm³/mol. The van der Waals surface area contributed by atoms with E-state index in [4.69, 9.17) is 4.74 Å². The molecule has 0 aliphatic heterocycles. The second-order valence-electron chi connectivity index (χ2n) is 5.01. The molecule has 2 aromatic carbocycles. The van der Waals surface area contributed by atoms with Crippen molar-refractivity contribution < 1.29 is 14.6 Å². The average Bonchev–Trinajstić information content (AvgIpc) is 2.54. The molecule has 0 spiro atoms. The van der Waals surface area contributed by atoms with Gasteiger partial charge in [0.25, 0.3) is 5.91 Å². The average molecular weight is 285 g/mol. The second-order valence-corrected chi connectivity index (χ2v) is 5.01. The molecule has 4 heteroatoms. The number of nitrogens with one attached hydrogen (secondary N) is 1. The molecule has 0 bridgehead atoms. The number of aliphatic hydroxyl groups is 1. The molecule has 0 radical (unpaired) electrons. The zero-order chi connectivity index (χ0) is 15.1. The Morgan fingerprint density at radius 2 is 1.67 bits per heavy atom. The van der Waals surface area contributed by atoms with Crippen molar-refractivity contribution >= 4 is 5.91 Å². The van der Waals surface area contributed by atoms with Gasteiger partial charge in [-0.2, -0.15) is 0 Å². The van der Waals surface area contributed by atoms with E-state index < -0.39 is 5.54 Å². The monoisotopic (exact) mass is 285 g/mol. The van der Waals surface area contributed by atoms with Crippen LogP contribution in [0.3, 0.4) is 0 Å². The van der Waals surface area contributed by atoms with Gasteiger partial charge in [-0.25, -0.2) is 0 Å². The van der Waals surface area contributed by atoms with E-state index >= 15 is 0 Å². The maximum Gasteiger partial charge on any atom is 0.258 e. The number of carbonyl (C=O) groups excluding carboxylic acids is 1. The molecule has 0 heterocycles. The number of amides is 1. The largest absolute Gasteiger partial charge is 0.484 e. The Morgan fingerprint density at radius 3 is 2.24 bits per heavy atom. The summed E-state index contributed by atoms with van der Waals surface area (Å²) in [4.78, 5) is 12.0. The lowest BCUT2D eigenvalue weighted by molar-refractivity contribution is -0.125. The smallest absolute Gasteiger partial charge is 0.258 e. The molecule has 2 aromatic rings. The third kappa shape index (κ3) is 4.07. The summed E-state index contributed by atoms with van der Waals surface area (Å²) < 4.78 is 5.40. The predicted octanol–water partition coefficient (Wildman–Crippen LogP) is 2.09. The lowest BCUT2D eigenvalue weighted by Gasteiger charge is -2.29. The highest BCUT2D eigenvalue weighted by molar-refractivity contribution is 5.78. The second kappa shape index (κ2) is 6.90. The van der Waals surface area contributed by atoms with Crippen molar-refractivity contribution in [3.8, 4) is 5.75 Å². The molecule has 1 atom stereocenters. The van der Waals surface area contributed by atoms with Crippen LogP contribution in [0.25, 0.3) is 0 Å². The molecule has 0 saturated heterocycles. The van der Waals surface area contributed by atoms with Crippen molar-refractivity contribution in [2.75, 3.05) is 13.2 Å². The topological polar surface area (TPSA) is 58.6 Å². The van der Waals surface area contributed by atoms with Gasteiger partial charge >= 0.3 is 0 Å². The molecule has 2 N–H and O–H groups in total. The van der Waals surface area contributed by atoms with Crippen molar-refractivity contribution in [1.82, 2.24) is 5.32 Å². The number of hydrogen-bond acceptors (Lipinski definition) is 3. The van der Waals surface area contributed by atoms with E-state index in [1.807, 2.05) is 48.5 Å². The summed E-state index contributed by atoms with van der Waals surface area (Å²) in [5, 5.41) is 12.4. The first-order valence-electron chi connectivity index (χ1n) is 6.79. The fourth-order valence-corrected chi connectivity index (χ4v) is 2.02. The maximum atomic E-state index is 12.0. The van der Waals surface area contributed by atoms with Crippen LogP contribution in [0.5, 0.6) is 5.75 Å². The summed E-state index contributed by atoms with van der Waals surface area (Å²) >= 11 is 0. The van der Waals surface area contributed by atoms with E-state index in [0.29, 0.717) is 5.75 Å². The minimum Gasteiger partial charge on any atom is -0.484 e. The first kappa shape index (κ1) is 15.1. The van der Waals surface area contributed by atoms with E-state index in [9.17, 15) is 9.90 Å². The first-order chi connectivity index (χ1) is 10.1. The van der Waals surface area contributed by atoms with E-state index in [1.165, 1.54) is 0 Å². The van der Waals surface area contributed by atoms with Crippen LogP contribution in [0.4, 0.5) is 0 Å². The number of carbonyl (C=O) groups is 1. The highest BCUT2D eigenvalue weighted by Crippen LogP contribution is 2.19. The number of ether oxygens (including phenoxy) is 1. The molecule has 2 rings (SSSR count). The van der Waals surface area contributed by atoms with E-state index in [0.717, 1.165) is 5.56 Å². The van der Waals surface area contributed by atoms with Crippen LogP contribution in [0.2, 0.25) is 0 Å². The van der Waals surface area contributed by atoms with Crippen LogP contribution in [-0.2, 0) is 10.3 Å². The molecule has 1 amide bonds. The van der Waals surface area contributed by atoms with Gasteiger partial charge in [0, 0.05) is 0 Å². The first-order valence-corrected chi connectivity index (χ1v) is 6.79. The molecule has 4 nitrogen and oxygen atoms in total. The third-order valence-corrected chi connectivity index (χ3v) is 3.26. The van der Waals surface area contributed by atoms with E-state index in [2.05, 4.69) is 5.32 Å². The minimum atomic E-state index is -0.821. The lowest BCUT2D eigenvalue weighted by Crippen LogP contribution is -2.48. The molecule has 0 fully saturated rings. The minimum absolute atomic E-state index is 0.0908. The van der Waals surface area contributed by atoms with Gasteiger partial charge < -0.3 is 15.2 Å². The maximum absolute atomic E-state index is 12.0. The molecule has 0 aromatic heterocycles. The number of para-hydroxylation sites is 1. The van der Waals surface area contributed by atoms with Gasteiger partial charge in [-0.1, -0.05) is 48.5 Å². The van der Waals surface area contributed by atoms with Gasteiger partial charge in [0.05, 0.1) is 12.1 Å². The lowest BCUT2D eigenvalue weighted by atomic mass is 9.93. The van der Waals surface area contributed by atoms with Gasteiger partial charge in [0.1, 0.15) is 5.75 Å². The van der Waals surface area contributed by atoms with Gasteiger partial charge in [-0.3, -0.25) is 4.79 Å². The van der Waals surface area contributed by atoms with Crippen LogP contribution >= 0.6 is 0 Å². The third-order valence-electron chi connectivity index (χ3n) is 3.26. The van der Waals surface area contributed by atoms with E-state index in [1.54, 1.807) is 19.1 Å². The molecular formula is C17H19NO3. The van der Waals surface area contributed by atoms with Crippen LogP contribution in [0.15, 0.2) is 60.7 Å². The fraction of sp³-hybridized carbons (Fsp3) is 0.235. The van der Waals surface area contributed by atoms with Gasteiger partial charge in [-0.05, 0) is 24.6 Å². The standard InChI is InChI=1S/C17H19NO3/c1-17(13-19,14-8-4-2-5-9-14)18-16(20)12-21-15-10-6-3-7-11-15/h2-11,19H,12-13H2,1H3,(H,18,20). The molecule has 1 unspecified atom stereocenters. The van der Waals surface area contributed by atoms with Crippen molar-refractivity contribution in [1.29, 1.82) is 0 Å². The summed E-state index contributed by atoms with van der Waals surface area (Å²) in [7, 11) is 0. The normalized spacial score (nSPS) is 13.2. The zero-order valence-corrected chi connectivity index (χ0v) is 12.0. The Kier molecular flexibility index (Phi) is 4.95. The summed E-state index contributed by atoms with van der Waals surface area (Å²) in [6.45, 7) is 1.50. The highest BCUT2D eigenvalue weighted by Gasteiger charge is 2.27. The van der Waals surface area contributed by atoms with Crippen molar-refractivity contribution in [2.24, 2.45) is 0 Å². The SMILES string of the molecule is CC(CO)(NC(=O)COc1ccccc1)c1ccccc1. The number of aliphatic hydroxyl groups excluding tert-OH is 1. The Morgan fingerprint density at radius 1 is 1.10 bits per heavy atom. The van der Waals surface area contributed by atoms with Crippen LogP contribution in [0, 0.1) is 0 Å². The van der Waals surface area contributed by atoms with Crippen molar-refractivity contribution in [3.05, 3.63) is 66.2 Å². The Bertz CT molecular complexity index is 571. The quantitative estimate of drug-likeness (QED) is 0.854. The van der Waals surface area contributed by atoms with Crippen LogP contribution in [0.1, 0.15) is 12.5 Å². The Balaban J connectivity index is 1.97. The van der Waals surface area contributed by atoms with Crippen molar-refractivity contribution in [2.45, 2.75) is 12.5 Å².